The molecule has 0 spiro atoms. The molecule has 0 bridgehead atoms. The molecule has 0 saturated carbocycles. The molecule has 0 unspecified atom stereocenters. The molecule has 2 nitrogen and oxygen atoms in total. The quantitative estimate of drug-likeness (QED) is 0.665. The highest BCUT2D eigenvalue weighted by atomic mass is 32.1. The Bertz CT molecular complexity index is 737. The van der Waals surface area contributed by atoms with E-state index >= 15 is 0 Å². The Morgan fingerprint density at radius 3 is 2.59 bits per heavy atom. The highest BCUT2D eigenvalue weighted by molar-refractivity contribution is 7.73. The fraction of sp³-hybridized carbons (Fsp3) is 0. The minimum atomic E-state index is 0.191. The van der Waals surface area contributed by atoms with Crippen molar-refractivity contribution in [2.75, 3.05) is 0 Å². The van der Waals surface area contributed by atoms with Crippen LogP contribution >= 0.6 is 23.6 Å². The largest absolute Gasteiger partial charge is 0.494 e. The van der Waals surface area contributed by atoms with E-state index in [4.69, 9.17) is 12.2 Å². The second-order valence-corrected chi connectivity index (χ2v) is 5.20. The third-order valence-electron chi connectivity index (χ3n) is 2.68. The van der Waals surface area contributed by atoms with Crippen LogP contribution in [0.3, 0.4) is 0 Å². The van der Waals surface area contributed by atoms with Gasteiger partial charge < -0.3 is 5.11 Å². The first kappa shape index (κ1) is 10.5. The number of benzene rings is 2. The number of rotatable bonds is 1. The van der Waals surface area contributed by atoms with E-state index in [1.165, 1.54) is 11.3 Å². The van der Waals surface area contributed by atoms with E-state index in [2.05, 4.69) is 0 Å². The Morgan fingerprint density at radius 1 is 1.06 bits per heavy atom. The van der Waals surface area contributed by atoms with Crippen molar-refractivity contribution in [1.29, 1.82) is 0 Å². The van der Waals surface area contributed by atoms with Crippen molar-refractivity contribution in [3.63, 3.8) is 0 Å². The van der Waals surface area contributed by atoms with Crippen LogP contribution in [0, 0.1) is 3.95 Å². The minimum absolute atomic E-state index is 0.191. The summed E-state index contributed by atoms with van der Waals surface area (Å²) in [6.45, 7) is 0. The fourth-order valence-corrected chi connectivity index (χ4v) is 2.87. The Balaban J connectivity index is 2.43. The molecule has 0 fully saturated rings. The van der Waals surface area contributed by atoms with Crippen molar-refractivity contribution in [1.82, 2.24) is 4.57 Å². The van der Waals surface area contributed by atoms with Crippen LogP contribution in [0.5, 0.6) is 5.88 Å². The molecule has 84 valence electrons. The van der Waals surface area contributed by atoms with Gasteiger partial charge in [-0.15, -0.1) is 11.3 Å². The minimum Gasteiger partial charge on any atom is -0.494 e. The number of hydrogen-bond donors (Lipinski definition) is 1. The maximum Gasteiger partial charge on any atom is 0.207 e. The van der Waals surface area contributed by atoms with Crippen LogP contribution < -0.4 is 0 Å². The highest BCUT2D eigenvalue weighted by Gasteiger charge is 2.08. The average molecular weight is 259 g/mol. The topological polar surface area (TPSA) is 25.2 Å². The normalized spacial score (nSPS) is 10.8. The highest BCUT2D eigenvalue weighted by Crippen LogP contribution is 2.28. The molecular formula is C13H9NOS2. The van der Waals surface area contributed by atoms with E-state index in [1.807, 2.05) is 42.5 Å². The van der Waals surface area contributed by atoms with Crippen molar-refractivity contribution >= 4 is 34.3 Å². The number of aromatic hydroxyl groups is 1. The molecule has 0 atom stereocenters. The summed E-state index contributed by atoms with van der Waals surface area (Å²) in [7, 11) is 0. The molecule has 2 aromatic carbocycles. The predicted octanol–water partition coefficient (Wildman–Crippen LogP) is 4.13. The zero-order valence-corrected chi connectivity index (χ0v) is 10.5. The third-order valence-corrected chi connectivity index (χ3v) is 3.87. The first-order valence-electron chi connectivity index (χ1n) is 5.15. The van der Waals surface area contributed by atoms with Gasteiger partial charge in [0.1, 0.15) is 0 Å². The maximum atomic E-state index is 9.85. The summed E-state index contributed by atoms with van der Waals surface area (Å²) in [5.74, 6) is 0.191. The summed E-state index contributed by atoms with van der Waals surface area (Å²) in [6, 6.07) is 14.0. The first-order chi connectivity index (χ1) is 8.27. The molecular weight excluding hydrogens is 250 g/mol. The molecule has 0 saturated heterocycles. The van der Waals surface area contributed by atoms with Crippen LogP contribution in [-0.4, -0.2) is 9.67 Å². The lowest BCUT2D eigenvalue weighted by atomic mass is 10.1. The third kappa shape index (κ3) is 1.66. The van der Waals surface area contributed by atoms with Crippen molar-refractivity contribution in [2.24, 2.45) is 0 Å². The van der Waals surface area contributed by atoms with Crippen molar-refractivity contribution in [2.45, 2.75) is 0 Å². The summed E-state index contributed by atoms with van der Waals surface area (Å²) >= 11 is 6.60. The van der Waals surface area contributed by atoms with Gasteiger partial charge in [-0.05, 0) is 23.7 Å². The predicted molar refractivity (Wildman–Crippen MR) is 73.7 cm³/mol. The molecule has 4 heteroatoms. The Labute approximate surface area is 107 Å². The van der Waals surface area contributed by atoms with Gasteiger partial charge in [0.15, 0.2) is 3.95 Å². The molecule has 17 heavy (non-hydrogen) atoms. The smallest absolute Gasteiger partial charge is 0.207 e. The lowest BCUT2D eigenvalue weighted by Gasteiger charge is -2.08. The monoisotopic (exact) mass is 259 g/mol. The molecule has 0 amide bonds. The van der Waals surface area contributed by atoms with E-state index in [0.717, 1.165) is 16.5 Å². The van der Waals surface area contributed by atoms with Gasteiger partial charge in [-0.25, -0.2) is 0 Å². The lowest BCUT2D eigenvalue weighted by molar-refractivity contribution is 0.442. The van der Waals surface area contributed by atoms with E-state index in [9.17, 15) is 5.11 Å². The zero-order chi connectivity index (χ0) is 11.8. The van der Waals surface area contributed by atoms with Gasteiger partial charge >= 0.3 is 0 Å². The maximum absolute atomic E-state index is 9.85. The fourth-order valence-electron chi connectivity index (χ4n) is 1.93. The van der Waals surface area contributed by atoms with Gasteiger partial charge in [0.25, 0.3) is 0 Å². The van der Waals surface area contributed by atoms with Gasteiger partial charge in [0, 0.05) is 5.39 Å². The summed E-state index contributed by atoms with van der Waals surface area (Å²) in [4.78, 5) is 0. The summed E-state index contributed by atoms with van der Waals surface area (Å²) < 4.78 is 2.35. The van der Waals surface area contributed by atoms with Gasteiger partial charge in [0.2, 0.25) is 5.88 Å². The summed E-state index contributed by atoms with van der Waals surface area (Å²) in [6.07, 6.45) is 0. The molecule has 0 aliphatic heterocycles. The number of hydrogen-bond acceptors (Lipinski definition) is 3. The van der Waals surface area contributed by atoms with E-state index in [1.54, 1.807) is 9.95 Å². The van der Waals surface area contributed by atoms with Crippen LogP contribution in [0.2, 0.25) is 0 Å². The molecule has 3 aromatic rings. The number of fused-ring (bicyclic) bond motifs is 1. The zero-order valence-electron chi connectivity index (χ0n) is 8.83. The van der Waals surface area contributed by atoms with Gasteiger partial charge in [-0.1, -0.05) is 36.4 Å². The molecule has 1 aromatic heterocycles. The van der Waals surface area contributed by atoms with E-state index in [0.29, 0.717) is 3.95 Å². The number of aromatic nitrogens is 1. The molecule has 0 radical (unpaired) electrons. The Morgan fingerprint density at radius 2 is 1.82 bits per heavy atom. The van der Waals surface area contributed by atoms with Crippen molar-refractivity contribution in [3.8, 4) is 11.6 Å². The van der Waals surface area contributed by atoms with Crippen molar-refractivity contribution < 1.29 is 5.11 Å². The van der Waals surface area contributed by atoms with Gasteiger partial charge in [0.05, 0.1) is 11.1 Å². The second-order valence-electron chi connectivity index (χ2n) is 3.69. The van der Waals surface area contributed by atoms with Gasteiger partial charge in [-0.2, -0.15) is 0 Å². The van der Waals surface area contributed by atoms with Crippen molar-refractivity contribution in [3.05, 3.63) is 51.8 Å². The van der Waals surface area contributed by atoms with Crippen LogP contribution in [0.1, 0.15) is 0 Å². The Hall–Kier alpha value is -1.65. The number of nitrogens with zero attached hydrogens (tertiary/aromatic N) is 1. The lowest BCUT2D eigenvalue weighted by Crippen LogP contribution is -1.93. The van der Waals surface area contributed by atoms with Crippen LogP contribution in [-0.2, 0) is 0 Å². The standard InChI is InChI=1S/C13H9NOS2/c15-12-8-17-13(16)14(12)11-7-3-5-9-4-1-2-6-10(9)11/h1-8,15H. The molecule has 1 heterocycles. The van der Waals surface area contributed by atoms with Crippen LogP contribution in [0.25, 0.3) is 16.5 Å². The Kier molecular flexibility index (Phi) is 2.46. The van der Waals surface area contributed by atoms with E-state index < -0.39 is 0 Å². The molecule has 3 rings (SSSR count). The van der Waals surface area contributed by atoms with Gasteiger partial charge in [-0.3, -0.25) is 4.57 Å². The van der Waals surface area contributed by atoms with Crippen LogP contribution in [0.4, 0.5) is 0 Å². The molecule has 0 aliphatic rings. The van der Waals surface area contributed by atoms with E-state index in [-0.39, 0.29) is 5.88 Å². The molecule has 1 N–H and O–H groups in total. The van der Waals surface area contributed by atoms with Crippen LogP contribution in [0.15, 0.2) is 47.8 Å². The summed E-state index contributed by atoms with van der Waals surface area (Å²) in [5.41, 5.74) is 0.923. The second kappa shape index (κ2) is 3.98. The first-order valence-corrected chi connectivity index (χ1v) is 6.44. The SMILES string of the molecule is Oc1csc(=S)n1-c1cccc2ccccc12. The number of thiazole rings is 1. The average Bonchev–Trinajstić information content (AvgIpc) is 2.69. The molecule has 0 aliphatic carbocycles. The summed E-state index contributed by atoms with van der Waals surface area (Å²) in [5, 5.41) is 13.7.